The first-order valence-electron chi connectivity index (χ1n) is 8.14. The van der Waals surface area contributed by atoms with Crippen LogP contribution < -0.4 is 9.46 Å². The van der Waals surface area contributed by atoms with Gasteiger partial charge in [-0.15, -0.1) is 0 Å². The van der Waals surface area contributed by atoms with E-state index >= 15 is 0 Å². The standard InChI is InChI=1S/C16H20N2O6S/c19-15-3-4-16(20)18(15)7-10-23-9-6-17-25(21,22)13-1-2-14-12(11-13)5-8-24-14/h1-2,11,17H,3-10H2. The van der Waals surface area contributed by atoms with Crippen molar-refractivity contribution in [2.45, 2.75) is 24.2 Å². The van der Waals surface area contributed by atoms with E-state index in [4.69, 9.17) is 9.47 Å². The number of likely N-dealkylation sites (tertiary alicyclic amines) is 1. The van der Waals surface area contributed by atoms with E-state index in [1.807, 2.05) is 0 Å². The third-order valence-corrected chi connectivity index (χ3v) is 5.58. The first-order chi connectivity index (χ1) is 12.0. The molecule has 2 heterocycles. The highest BCUT2D eigenvalue weighted by Crippen LogP contribution is 2.27. The van der Waals surface area contributed by atoms with Gasteiger partial charge in [-0.05, 0) is 23.8 Å². The van der Waals surface area contributed by atoms with Crippen molar-refractivity contribution >= 4 is 21.8 Å². The molecular weight excluding hydrogens is 348 g/mol. The van der Waals surface area contributed by atoms with Crippen LogP contribution in [0.5, 0.6) is 5.75 Å². The highest BCUT2D eigenvalue weighted by molar-refractivity contribution is 7.89. The molecule has 0 aromatic heterocycles. The number of imide groups is 1. The van der Waals surface area contributed by atoms with Crippen LogP contribution in [-0.2, 0) is 30.8 Å². The van der Waals surface area contributed by atoms with E-state index in [1.165, 1.54) is 11.0 Å². The molecule has 0 saturated carbocycles. The van der Waals surface area contributed by atoms with Gasteiger partial charge in [-0.2, -0.15) is 0 Å². The van der Waals surface area contributed by atoms with Crippen LogP contribution in [0.2, 0.25) is 0 Å². The van der Waals surface area contributed by atoms with Crippen molar-refractivity contribution in [2.24, 2.45) is 0 Å². The van der Waals surface area contributed by atoms with Crippen molar-refractivity contribution in [2.75, 3.05) is 32.9 Å². The zero-order valence-electron chi connectivity index (χ0n) is 13.7. The maximum atomic E-state index is 12.3. The lowest BCUT2D eigenvalue weighted by atomic mass is 10.2. The van der Waals surface area contributed by atoms with E-state index in [2.05, 4.69) is 4.72 Å². The Hall–Kier alpha value is -1.97. The Bertz CT molecular complexity index is 761. The van der Waals surface area contributed by atoms with E-state index < -0.39 is 10.0 Å². The molecule has 9 heteroatoms. The Morgan fingerprint density at radius 1 is 1.12 bits per heavy atom. The molecule has 1 fully saturated rings. The first kappa shape index (κ1) is 17.8. The highest BCUT2D eigenvalue weighted by atomic mass is 32.2. The van der Waals surface area contributed by atoms with E-state index in [0.29, 0.717) is 13.0 Å². The first-order valence-corrected chi connectivity index (χ1v) is 9.62. The van der Waals surface area contributed by atoms with Crippen molar-refractivity contribution < 1.29 is 27.5 Å². The summed E-state index contributed by atoms with van der Waals surface area (Å²) in [5.41, 5.74) is 0.888. The van der Waals surface area contributed by atoms with Gasteiger partial charge in [-0.25, -0.2) is 13.1 Å². The third kappa shape index (κ3) is 4.17. The molecule has 0 radical (unpaired) electrons. The number of carbonyl (C=O) groups is 2. The summed E-state index contributed by atoms with van der Waals surface area (Å²) in [6.45, 7) is 1.23. The zero-order chi connectivity index (χ0) is 17.9. The largest absolute Gasteiger partial charge is 0.493 e. The smallest absolute Gasteiger partial charge is 0.240 e. The molecule has 2 aliphatic rings. The SMILES string of the molecule is O=C1CCC(=O)N1CCOCCNS(=O)(=O)c1ccc2c(c1)CCO2. The molecule has 0 spiro atoms. The molecule has 0 unspecified atom stereocenters. The molecule has 1 aromatic rings. The van der Waals surface area contributed by atoms with E-state index in [0.717, 1.165) is 11.3 Å². The zero-order valence-corrected chi connectivity index (χ0v) is 14.5. The molecule has 0 atom stereocenters. The predicted molar refractivity (Wildman–Crippen MR) is 87.6 cm³/mol. The lowest BCUT2D eigenvalue weighted by Crippen LogP contribution is -2.33. The van der Waals surface area contributed by atoms with Gasteiger partial charge in [0.05, 0.1) is 31.3 Å². The summed E-state index contributed by atoms with van der Waals surface area (Å²) in [4.78, 5) is 24.2. The molecule has 1 aromatic carbocycles. The van der Waals surface area contributed by atoms with Gasteiger partial charge in [0, 0.05) is 25.8 Å². The molecule has 1 saturated heterocycles. The fourth-order valence-electron chi connectivity index (χ4n) is 2.79. The normalized spacial score (nSPS) is 17.0. The highest BCUT2D eigenvalue weighted by Gasteiger charge is 2.28. The third-order valence-electron chi connectivity index (χ3n) is 4.12. The number of nitrogens with one attached hydrogen (secondary N) is 1. The van der Waals surface area contributed by atoms with Crippen LogP contribution in [0.4, 0.5) is 0 Å². The van der Waals surface area contributed by atoms with Gasteiger partial charge in [0.1, 0.15) is 5.75 Å². The summed E-state index contributed by atoms with van der Waals surface area (Å²) in [7, 11) is -3.61. The Kier molecular flexibility index (Phi) is 5.36. The van der Waals surface area contributed by atoms with E-state index in [-0.39, 0.29) is 55.9 Å². The van der Waals surface area contributed by atoms with Gasteiger partial charge < -0.3 is 9.47 Å². The van der Waals surface area contributed by atoms with Gasteiger partial charge in [-0.3, -0.25) is 14.5 Å². The minimum Gasteiger partial charge on any atom is -0.493 e. The number of carbonyl (C=O) groups excluding carboxylic acids is 2. The molecule has 3 rings (SSSR count). The Balaban J connectivity index is 1.41. The average molecular weight is 368 g/mol. The van der Waals surface area contributed by atoms with Gasteiger partial charge in [0.25, 0.3) is 0 Å². The Morgan fingerprint density at radius 3 is 2.64 bits per heavy atom. The van der Waals surface area contributed by atoms with Gasteiger partial charge in [0.15, 0.2) is 0 Å². The van der Waals surface area contributed by atoms with Crippen LogP contribution in [0.1, 0.15) is 18.4 Å². The van der Waals surface area contributed by atoms with Gasteiger partial charge in [0.2, 0.25) is 21.8 Å². The van der Waals surface area contributed by atoms with Crippen molar-refractivity contribution in [1.29, 1.82) is 0 Å². The molecule has 136 valence electrons. The molecule has 2 aliphatic heterocycles. The molecule has 1 N–H and O–H groups in total. The number of rotatable bonds is 8. The monoisotopic (exact) mass is 368 g/mol. The van der Waals surface area contributed by atoms with E-state index in [1.54, 1.807) is 12.1 Å². The van der Waals surface area contributed by atoms with Crippen molar-refractivity contribution in [1.82, 2.24) is 9.62 Å². The average Bonchev–Trinajstić information content (AvgIpc) is 3.17. The second-order valence-corrected chi connectivity index (χ2v) is 7.58. The van der Waals surface area contributed by atoms with Crippen LogP contribution in [0.15, 0.2) is 23.1 Å². The fraction of sp³-hybridized carbons (Fsp3) is 0.500. The molecular formula is C16H20N2O6S. The predicted octanol–water partition coefficient (Wildman–Crippen LogP) is 0.0654. The molecule has 8 nitrogen and oxygen atoms in total. The van der Waals surface area contributed by atoms with Crippen LogP contribution >= 0.6 is 0 Å². The summed E-state index contributed by atoms with van der Waals surface area (Å²) in [6, 6.07) is 4.80. The van der Waals surface area contributed by atoms with Crippen molar-refractivity contribution in [3.05, 3.63) is 23.8 Å². The lowest BCUT2D eigenvalue weighted by molar-refractivity contribution is -0.139. The second-order valence-electron chi connectivity index (χ2n) is 5.82. The number of hydrogen-bond donors (Lipinski definition) is 1. The fourth-order valence-corrected chi connectivity index (χ4v) is 3.86. The molecule has 0 bridgehead atoms. The Morgan fingerprint density at radius 2 is 1.88 bits per heavy atom. The number of ether oxygens (including phenoxy) is 2. The van der Waals surface area contributed by atoms with Gasteiger partial charge in [-0.1, -0.05) is 0 Å². The van der Waals surface area contributed by atoms with Crippen LogP contribution in [0.25, 0.3) is 0 Å². The van der Waals surface area contributed by atoms with Gasteiger partial charge >= 0.3 is 0 Å². The molecule has 25 heavy (non-hydrogen) atoms. The number of amides is 2. The lowest BCUT2D eigenvalue weighted by Gasteiger charge is -2.13. The summed E-state index contributed by atoms with van der Waals surface area (Å²) in [5.74, 6) is 0.359. The maximum Gasteiger partial charge on any atom is 0.240 e. The summed E-state index contributed by atoms with van der Waals surface area (Å²) >= 11 is 0. The van der Waals surface area contributed by atoms with Crippen LogP contribution in [0, 0.1) is 0 Å². The maximum absolute atomic E-state index is 12.3. The second kappa shape index (κ2) is 7.51. The molecule has 0 aliphatic carbocycles. The molecule has 2 amide bonds. The van der Waals surface area contributed by atoms with Crippen molar-refractivity contribution in [3.63, 3.8) is 0 Å². The van der Waals surface area contributed by atoms with E-state index in [9.17, 15) is 18.0 Å². The number of hydrogen-bond acceptors (Lipinski definition) is 6. The number of benzene rings is 1. The number of sulfonamides is 1. The minimum absolute atomic E-state index is 0.109. The summed E-state index contributed by atoms with van der Waals surface area (Å²) in [5, 5.41) is 0. The topological polar surface area (TPSA) is 102 Å². The van der Waals surface area contributed by atoms with Crippen LogP contribution in [0.3, 0.4) is 0 Å². The van der Waals surface area contributed by atoms with Crippen LogP contribution in [-0.4, -0.2) is 58.0 Å². The quantitative estimate of drug-likeness (QED) is 0.514. The minimum atomic E-state index is -3.61. The summed E-state index contributed by atoms with van der Waals surface area (Å²) < 4.78 is 37.6. The van der Waals surface area contributed by atoms with Crippen molar-refractivity contribution in [3.8, 4) is 5.75 Å². The number of fused-ring (bicyclic) bond motifs is 1. The summed E-state index contributed by atoms with van der Waals surface area (Å²) in [6.07, 6.45) is 1.21. The number of nitrogens with zero attached hydrogens (tertiary/aromatic N) is 1. The Labute approximate surface area is 146 Å².